The molecule has 0 saturated carbocycles. The van der Waals surface area contributed by atoms with Gasteiger partial charge in [0, 0.05) is 16.5 Å². The van der Waals surface area contributed by atoms with E-state index < -0.39 is 0 Å². The van der Waals surface area contributed by atoms with E-state index in [4.69, 9.17) is 5.73 Å². The first-order chi connectivity index (χ1) is 9.86. The molecule has 2 aromatic rings. The van der Waals surface area contributed by atoms with Crippen molar-refractivity contribution >= 4 is 17.2 Å². The first-order valence-corrected chi connectivity index (χ1v) is 7.24. The van der Waals surface area contributed by atoms with Crippen molar-refractivity contribution in [1.82, 2.24) is 10.3 Å². The van der Waals surface area contributed by atoms with Gasteiger partial charge in [0.1, 0.15) is 6.29 Å². The Kier molecular flexibility index (Phi) is 5.77. The Labute approximate surface area is 119 Å². The van der Waals surface area contributed by atoms with Crippen LogP contribution in [0.25, 0.3) is 10.9 Å². The van der Waals surface area contributed by atoms with Gasteiger partial charge in [-0.3, -0.25) is 0 Å². The number of carbonyl (C=O) groups is 1. The number of hydrogen-bond donors (Lipinski definition) is 3. The highest BCUT2D eigenvalue weighted by Crippen LogP contribution is 2.22. The molecule has 0 spiro atoms. The van der Waals surface area contributed by atoms with Crippen LogP contribution in [0.5, 0.6) is 0 Å². The van der Waals surface area contributed by atoms with Gasteiger partial charge < -0.3 is 20.8 Å². The number of para-hydroxylation sites is 1. The summed E-state index contributed by atoms with van der Waals surface area (Å²) in [6.07, 6.45) is 8.48. The van der Waals surface area contributed by atoms with Crippen molar-refractivity contribution in [2.45, 2.75) is 31.7 Å². The highest BCUT2D eigenvalue weighted by molar-refractivity contribution is 5.86. The molecule has 1 radical (unpaired) electrons. The van der Waals surface area contributed by atoms with Gasteiger partial charge >= 0.3 is 0 Å². The third kappa shape index (κ3) is 3.68. The third-order valence-corrected chi connectivity index (χ3v) is 3.49. The predicted octanol–water partition coefficient (Wildman–Crippen LogP) is 2.32. The molecule has 0 saturated heterocycles. The fourth-order valence-corrected chi connectivity index (χ4v) is 2.37. The third-order valence-electron chi connectivity index (χ3n) is 3.49. The van der Waals surface area contributed by atoms with Gasteiger partial charge in [-0.25, -0.2) is 0 Å². The van der Waals surface area contributed by atoms with Crippen LogP contribution in [0.15, 0.2) is 24.3 Å². The van der Waals surface area contributed by atoms with E-state index in [0.717, 1.165) is 61.5 Å². The van der Waals surface area contributed by atoms with Gasteiger partial charge in [0.25, 0.3) is 0 Å². The van der Waals surface area contributed by atoms with Crippen LogP contribution in [-0.4, -0.2) is 24.4 Å². The van der Waals surface area contributed by atoms with E-state index in [1.54, 1.807) is 0 Å². The van der Waals surface area contributed by atoms with Crippen molar-refractivity contribution in [2.75, 3.05) is 13.1 Å². The second-order valence-corrected chi connectivity index (χ2v) is 4.98. The molecule has 0 aliphatic carbocycles. The summed E-state index contributed by atoms with van der Waals surface area (Å²) < 4.78 is 0. The van der Waals surface area contributed by atoms with Crippen LogP contribution in [0, 0.1) is 6.20 Å². The highest BCUT2D eigenvalue weighted by Gasteiger charge is 2.14. The topological polar surface area (TPSA) is 70.9 Å². The molecule has 4 N–H and O–H groups in total. The van der Waals surface area contributed by atoms with Gasteiger partial charge in [-0.1, -0.05) is 31.0 Å². The van der Waals surface area contributed by atoms with Crippen LogP contribution in [0.1, 0.15) is 37.3 Å². The maximum absolute atomic E-state index is 11.3. The van der Waals surface area contributed by atoms with Crippen molar-refractivity contribution in [3.63, 3.8) is 0 Å². The lowest BCUT2D eigenvalue weighted by Gasteiger charge is -2.11. The largest absolute Gasteiger partial charge is 0.353 e. The maximum atomic E-state index is 11.3. The van der Waals surface area contributed by atoms with Crippen LogP contribution in [0.2, 0.25) is 0 Å². The average Bonchev–Trinajstić information content (AvgIpc) is 2.91. The average molecular weight is 272 g/mol. The minimum Gasteiger partial charge on any atom is -0.353 e. The Morgan fingerprint density at radius 2 is 2.05 bits per heavy atom. The number of carbonyl (C=O) groups excluding carboxylic acids is 1. The lowest BCUT2D eigenvalue weighted by atomic mass is 10.1. The normalized spacial score (nSPS) is 12.7. The molecule has 0 aliphatic heterocycles. The first-order valence-electron chi connectivity index (χ1n) is 7.24. The smallest absolute Gasteiger partial charge is 0.141 e. The fraction of sp³-hybridized carbons (Fsp3) is 0.438. The number of fused-ring (bicyclic) bond motifs is 1. The molecule has 4 nitrogen and oxygen atoms in total. The van der Waals surface area contributed by atoms with E-state index in [-0.39, 0.29) is 6.04 Å². The lowest BCUT2D eigenvalue weighted by Crippen LogP contribution is -2.23. The molecule has 1 aromatic heterocycles. The van der Waals surface area contributed by atoms with Crippen molar-refractivity contribution in [2.24, 2.45) is 5.73 Å². The van der Waals surface area contributed by atoms with Crippen LogP contribution in [0.4, 0.5) is 0 Å². The molecular weight excluding hydrogens is 250 g/mol. The molecule has 4 heteroatoms. The van der Waals surface area contributed by atoms with Crippen molar-refractivity contribution in [3.05, 3.63) is 36.0 Å². The Bertz CT molecular complexity index is 535. The van der Waals surface area contributed by atoms with E-state index in [9.17, 15) is 4.79 Å². The minimum atomic E-state index is -0.291. The quantitative estimate of drug-likeness (QED) is 0.484. The number of nitrogens with two attached hydrogens (primary N) is 1. The van der Waals surface area contributed by atoms with Crippen LogP contribution >= 0.6 is 0 Å². The maximum Gasteiger partial charge on any atom is 0.141 e. The summed E-state index contributed by atoms with van der Waals surface area (Å²) in [4.78, 5) is 14.4. The fourth-order valence-electron chi connectivity index (χ4n) is 2.37. The Morgan fingerprint density at radius 3 is 2.85 bits per heavy atom. The van der Waals surface area contributed by atoms with Crippen LogP contribution in [0.3, 0.4) is 0 Å². The van der Waals surface area contributed by atoms with Gasteiger partial charge in [0.15, 0.2) is 0 Å². The number of aromatic nitrogens is 1. The zero-order valence-electron chi connectivity index (χ0n) is 11.7. The van der Waals surface area contributed by atoms with E-state index in [2.05, 4.69) is 16.5 Å². The molecule has 0 fully saturated rings. The van der Waals surface area contributed by atoms with E-state index in [1.807, 2.05) is 24.3 Å². The van der Waals surface area contributed by atoms with Gasteiger partial charge in [0.2, 0.25) is 0 Å². The van der Waals surface area contributed by atoms with Crippen LogP contribution in [-0.2, 0) is 4.79 Å². The zero-order valence-corrected chi connectivity index (χ0v) is 11.7. The molecule has 1 atom stereocenters. The predicted molar refractivity (Wildman–Crippen MR) is 81.5 cm³/mol. The Balaban J connectivity index is 1.90. The van der Waals surface area contributed by atoms with E-state index in [0.29, 0.717) is 0 Å². The number of unbranched alkanes of at least 4 members (excludes halogenated alkanes) is 3. The first kappa shape index (κ1) is 14.8. The summed E-state index contributed by atoms with van der Waals surface area (Å²) in [7, 11) is 0. The minimum absolute atomic E-state index is 0.291. The van der Waals surface area contributed by atoms with Crippen molar-refractivity contribution in [3.8, 4) is 0 Å². The monoisotopic (exact) mass is 272 g/mol. The van der Waals surface area contributed by atoms with Crippen molar-refractivity contribution in [1.29, 1.82) is 0 Å². The van der Waals surface area contributed by atoms with Gasteiger partial charge in [0.05, 0.1) is 12.2 Å². The van der Waals surface area contributed by atoms with Gasteiger partial charge in [-0.05, 0) is 32.0 Å². The molecular formula is C16H22N3O. The number of nitrogens with one attached hydrogen (secondary N) is 2. The van der Waals surface area contributed by atoms with Gasteiger partial charge in [-0.2, -0.15) is 0 Å². The molecule has 0 amide bonds. The Hall–Kier alpha value is -1.65. The van der Waals surface area contributed by atoms with Crippen LogP contribution < -0.4 is 11.1 Å². The highest BCUT2D eigenvalue weighted by atomic mass is 16.1. The summed E-state index contributed by atoms with van der Waals surface area (Å²) >= 11 is 0. The second-order valence-electron chi connectivity index (χ2n) is 4.98. The number of aldehydes is 1. The van der Waals surface area contributed by atoms with Gasteiger partial charge in [-0.15, -0.1) is 0 Å². The number of aromatic amines is 1. The SMILES string of the molecule is NCCCCCCNC(C=O)c1[c][nH]c2ccccc12. The summed E-state index contributed by atoms with van der Waals surface area (Å²) in [5, 5.41) is 4.35. The number of rotatable bonds is 9. The standard InChI is InChI=1S/C16H22N3O/c17-9-5-1-2-6-10-18-16(12-20)14-11-19-15-8-4-3-7-13(14)15/h3-4,7-8,12,16,18-19H,1-2,5-6,9-10,17H2. The number of benzene rings is 1. The molecule has 1 unspecified atom stereocenters. The summed E-state index contributed by atoms with van der Waals surface area (Å²) in [6.45, 7) is 1.59. The second kappa shape index (κ2) is 7.82. The molecule has 0 bridgehead atoms. The van der Waals surface area contributed by atoms with E-state index in [1.165, 1.54) is 0 Å². The molecule has 1 aromatic carbocycles. The molecule has 0 aliphatic rings. The summed E-state index contributed by atoms with van der Waals surface area (Å²) in [6, 6.07) is 7.65. The number of H-pyrrole nitrogens is 1. The lowest BCUT2D eigenvalue weighted by molar-refractivity contribution is -0.109. The molecule has 20 heavy (non-hydrogen) atoms. The molecule has 107 valence electrons. The number of hydrogen-bond acceptors (Lipinski definition) is 3. The molecule has 2 rings (SSSR count). The molecule has 1 heterocycles. The summed E-state index contributed by atoms with van der Waals surface area (Å²) in [5.41, 5.74) is 7.37. The van der Waals surface area contributed by atoms with Crippen molar-refractivity contribution < 1.29 is 4.79 Å². The summed E-state index contributed by atoms with van der Waals surface area (Å²) in [5.74, 6) is 0. The Morgan fingerprint density at radius 1 is 1.25 bits per heavy atom. The zero-order chi connectivity index (χ0) is 14.2. The van der Waals surface area contributed by atoms with E-state index >= 15 is 0 Å².